The SMILES string of the molecule is CCC/C=C\CCCCCCCC/C=C/[C@@H](O)[C@H](COP(=O)([O-])OCC[N+](C)(C)C)NC(=O)CCC/C=C\C/C=C\C/C=C\CC1OC1CCCCC. The van der Waals surface area contributed by atoms with Gasteiger partial charge in [0.15, 0.2) is 0 Å². The zero-order valence-corrected chi connectivity index (χ0v) is 35.0. The van der Waals surface area contributed by atoms with Gasteiger partial charge in [0.1, 0.15) is 13.2 Å². The molecule has 306 valence electrons. The van der Waals surface area contributed by atoms with Crippen LogP contribution in [0.2, 0.25) is 0 Å². The summed E-state index contributed by atoms with van der Waals surface area (Å²) >= 11 is 0. The molecule has 5 atom stereocenters. The summed E-state index contributed by atoms with van der Waals surface area (Å²) in [6.45, 7) is 4.48. The molecular formula is C43H77N2O7P. The predicted molar refractivity (Wildman–Crippen MR) is 218 cm³/mol. The summed E-state index contributed by atoms with van der Waals surface area (Å²) in [7, 11) is 1.20. The van der Waals surface area contributed by atoms with Crippen molar-refractivity contribution in [3.63, 3.8) is 0 Å². The molecule has 1 aliphatic heterocycles. The second-order valence-corrected chi connectivity index (χ2v) is 16.8. The number of epoxide rings is 1. The van der Waals surface area contributed by atoms with E-state index in [9.17, 15) is 19.4 Å². The van der Waals surface area contributed by atoms with E-state index in [1.165, 1.54) is 64.2 Å². The number of hydrogen-bond acceptors (Lipinski definition) is 7. The maximum Gasteiger partial charge on any atom is 0.268 e. The van der Waals surface area contributed by atoms with E-state index < -0.39 is 26.6 Å². The first kappa shape index (κ1) is 49.2. The lowest BCUT2D eigenvalue weighted by Gasteiger charge is -2.29. The molecule has 0 aromatic carbocycles. The summed E-state index contributed by atoms with van der Waals surface area (Å²) in [4.78, 5) is 25.2. The molecule has 53 heavy (non-hydrogen) atoms. The number of quaternary nitrogens is 1. The van der Waals surface area contributed by atoms with Crippen LogP contribution in [0.1, 0.15) is 142 Å². The molecule has 0 aromatic rings. The van der Waals surface area contributed by atoms with Crippen LogP contribution in [0, 0.1) is 0 Å². The monoisotopic (exact) mass is 765 g/mol. The summed E-state index contributed by atoms with van der Waals surface area (Å²) in [6, 6.07) is -0.923. The molecule has 0 aromatic heterocycles. The van der Waals surface area contributed by atoms with Crippen molar-refractivity contribution < 1.29 is 37.6 Å². The number of phosphoric acid groups is 1. The average Bonchev–Trinajstić information content (AvgIpc) is 3.86. The number of hydrogen-bond donors (Lipinski definition) is 2. The van der Waals surface area contributed by atoms with E-state index in [2.05, 4.69) is 67.8 Å². The zero-order chi connectivity index (χ0) is 39.0. The Morgan fingerprint density at radius 3 is 2.06 bits per heavy atom. The second-order valence-electron chi connectivity index (χ2n) is 15.4. The first-order valence-corrected chi connectivity index (χ1v) is 22.2. The largest absolute Gasteiger partial charge is 0.756 e. The third kappa shape index (κ3) is 31.1. The normalized spacial score (nSPS) is 18.9. The molecule has 1 rings (SSSR count). The number of aliphatic hydroxyl groups is 1. The van der Waals surface area contributed by atoms with Gasteiger partial charge in [-0.05, 0) is 70.6 Å². The van der Waals surface area contributed by atoms with E-state index >= 15 is 0 Å². The van der Waals surface area contributed by atoms with Crippen LogP contribution in [0.15, 0.2) is 60.8 Å². The Morgan fingerprint density at radius 1 is 0.774 bits per heavy atom. The third-order valence-electron chi connectivity index (χ3n) is 9.10. The van der Waals surface area contributed by atoms with Crippen LogP contribution < -0.4 is 10.2 Å². The topological polar surface area (TPSA) is 120 Å². The van der Waals surface area contributed by atoms with Crippen molar-refractivity contribution in [3.05, 3.63) is 60.8 Å². The van der Waals surface area contributed by atoms with Gasteiger partial charge >= 0.3 is 0 Å². The number of carbonyl (C=O) groups excluding carboxylic acids is 1. The summed E-state index contributed by atoms with van der Waals surface area (Å²) in [5.74, 6) is -0.262. The molecule has 9 nitrogen and oxygen atoms in total. The molecule has 0 saturated carbocycles. The number of ether oxygens (including phenoxy) is 1. The van der Waals surface area contributed by atoms with E-state index in [1.807, 2.05) is 27.2 Å². The highest BCUT2D eigenvalue weighted by Gasteiger charge is 2.36. The number of rotatable bonds is 35. The fourth-order valence-electron chi connectivity index (χ4n) is 5.65. The first-order valence-electron chi connectivity index (χ1n) is 20.8. The number of carbonyl (C=O) groups is 1. The molecule has 0 radical (unpaired) electrons. The number of unbranched alkanes of at least 4 members (excludes halogenated alkanes) is 11. The maximum absolute atomic E-state index is 12.8. The summed E-state index contributed by atoms with van der Waals surface area (Å²) in [6.07, 6.45) is 41.6. The fraction of sp³-hybridized carbons (Fsp3) is 0.744. The minimum atomic E-state index is -4.61. The Balaban J connectivity index is 2.40. The van der Waals surface area contributed by atoms with Gasteiger partial charge in [-0.25, -0.2) is 0 Å². The fourth-order valence-corrected chi connectivity index (χ4v) is 6.37. The summed E-state index contributed by atoms with van der Waals surface area (Å²) in [5.41, 5.74) is 0. The Kier molecular flexibility index (Phi) is 29.1. The number of allylic oxidation sites excluding steroid dienone is 8. The molecule has 0 aliphatic carbocycles. The van der Waals surface area contributed by atoms with Crippen LogP contribution in [-0.4, -0.2) is 80.8 Å². The average molecular weight is 765 g/mol. The highest BCUT2D eigenvalue weighted by atomic mass is 31.2. The van der Waals surface area contributed by atoms with Gasteiger partial charge in [-0.3, -0.25) is 9.36 Å². The summed E-state index contributed by atoms with van der Waals surface area (Å²) < 4.78 is 28.8. The van der Waals surface area contributed by atoms with Gasteiger partial charge in [0.25, 0.3) is 7.82 Å². The van der Waals surface area contributed by atoms with Crippen molar-refractivity contribution in [1.29, 1.82) is 0 Å². The van der Waals surface area contributed by atoms with Crippen molar-refractivity contribution in [3.8, 4) is 0 Å². The number of aliphatic hydroxyl groups excluding tert-OH is 1. The Morgan fingerprint density at radius 2 is 1.38 bits per heavy atom. The van der Waals surface area contributed by atoms with E-state index in [-0.39, 0.29) is 18.9 Å². The smallest absolute Gasteiger partial charge is 0.268 e. The highest BCUT2D eigenvalue weighted by Crippen LogP contribution is 2.38. The zero-order valence-electron chi connectivity index (χ0n) is 34.1. The van der Waals surface area contributed by atoms with E-state index in [4.69, 9.17) is 13.8 Å². The number of nitrogens with zero attached hydrogens (tertiary/aromatic N) is 1. The van der Waals surface area contributed by atoms with E-state index in [0.29, 0.717) is 29.7 Å². The molecule has 1 heterocycles. The van der Waals surface area contributed by atoms with Crippen LogP contribution >= 0.6 is 7.82 Å². The van der Waals surface area contributed by atoms with Gasteiger partial charge in [-0.1, -0.05) is 126 Å². The second kappa shape index (κ2) is 31.4. The van der Waals surface area contributed by atoms with Crippen molar-refractivity contribution in [1.82, 2.24) is 5.32 Å². The quantitative estimate of drug-likeness (QED) is 0.0217. The lowest BCUT2D eigenvalue weighted by molar-refractivity contribution is -0.870. The number of nitrogens with one attached hydrogen (secondary N) is 1. The number of amides is 1. The van der Waals surface area contributed by atoms with Crippen LogP contribution in [0.3, 0.4) is 0 Å². The number of phosphoric ester groups is 1. The van der Waals surface area contributed by atoms with Gasteiger partial charge in [0.05, 0.1) is 52.1 Å². The molecule has 0 bridgehead atoms. The van der Waals surface area contributed by atoms with Crippen molar-refractivity contribution in [2.45, 2.75) is 167 Å². The van der Waals surface area contributed by atoms with Crippen molar-refractivity contribution in [2.24, 2.45) is 0 Å². The molecule has 1 amide bonds. The van der Waals surface area contributed by atoms with Crippen LogP contribution in [0.5, 0.6) is 0 Å². The van der Waals surface area contributed by atoms with E-state index in [0.717, 1.165) is 51.4 Å². The van der Waals surface area contributed by atoms with Crippen molar-refractivity contribution >= 4 is 13.7 Å². The summed E-state index contributed by atoms with van der Waals surface area (Å²) in [5, 5.41) is 13.7. The van der Waals surface area contributed by atoms with Gasteiger partial charge in [0.2, 0.25) is 5.91 Å². The molecule has 1 aliphatic rings. The van der Waals surface area contributed by atoms with Gasteiger partial charge in [-0.2, -0.15) is 0 Å². The molecule has 0 spiro atoms. The lowest BCUT2D eigenvalue weighted by atomic mass is 10.1. The van der Waals surface area contributed by atoms with Gasteiger partial charge in [0, 0.05) is 6.42 Å². The van der Waals surface area contributed by atoms with Gasteiger partial charge < -0.3 is 33.6 Å². The van der Waals surface area contributed by atoms with Crippen molar-refractivity contribution in [2.75, 3.05) is 40.9 Å². The molecule has 2 N–H and O–H groups in total. The van der Waals surface area contributed by atoms with E-state index in [1.54, 1.807) is 6.08 Å². The Hall–Kier alpha value is -1.84. The van der Waals surface area contributed by atoms with Gasteiger partial charge in [-0.15, -0.1) is 0 Å². The Labute approximate surface area is 324 Å². The van der Waals surface area contributed by atoms with Crippen LogP contribution in [0.4, 0.5) is 0 Å². The van der Waals surface area contributed by atoms with Crippen LogP contribution in [-0.2, 0) is 23.1 Å². The minimum Gasteiger partial charge on any atom is -0.756 e. The third-order valence-corrected chi connectivity index (χ3v) is 10.1. The standard InChI is InChI=1S/C43H77N2O7P/c1-6-8-10-11-12-13-14-15-16-19-22-25-29-32-40(46)39(38-51-53(48,49)50-37-36-45(3,4)5)44-43(47)35-31-27-24-21-18-17-20-23-26-30-34-42-41(52-42)33-28-9-7-2/h10-11,17,20-21,24,26,29-30,32,39-42,46H,6-9,12-16,18-19,22-23,25,27-28,31,33-38H2,1-5H3,(H-,44,47,48,49)/b11-10-,20-17-,24-21-,30-26-,32-29+/t39-,40+,41?,42?/m0/s1. The Bertz CT molecular complexity index is 1110. The predicted octanol–water partition coefficient (Wildman–Crippen LogP) is 9.43. The minimum absolute atomic E-state index is 0.0179. The number of likely N-dealkylation sites (N-methyl/N-ethyl adjacent to an activating group) is 1. The molecule has 10 heteroatoms. The molecule has 3 unspecified atom stereocenters. The molecule has 1 saturated heterocycles. The first-order chi connectivity index (χ1) is 25.5. The molecular weight excluding hydrogens is 687 g/mol. The van der Waals surface area contributed by atoms with Crippen LogP contribution in [0.25, 0.3) is 0 Å². The maximum atomic E-state index is 12.8. The highest BCUT2D eigenvalue weighted by molar-refractivity contribution is 7.45. The lowest BCUT2D eigenvalue weighted by Crippen LogP contribution is -2.45. The molecule has 1 fully saturated rings.